The maximum atomic E-state index is 11.8. The predicted molar refractivity (Wildman–Crippen MR) is 99.2 cm³/mol. The molecule has 4 unspecified atom stereocenters. The molecule has 12 heteroatoms. The first-order valence-electron chi connectivity index (χ1n) is 9.63. The van der Waals surface area contributed by atoms with Gasteiger partial charge in [0.2, 0.25) is 17.7 Å². The van der Waals surface area contributed by atoms with E-state index >= 15 is 0 Å². The molecular weight excluding hydrogens is 404 g/mol. The third-order valence-corrected chi connectivity index (χ3v) is 4.44. The summed E-state index contributed by atoms with van der Waals surface area (Å²) in [5.41, 5.74) is 0. The van der Waals surface area contributed by atoms with Gasteiger partial charge in [0.25, 0.3) is 0 Å². The molecule has 0 aromatic carbocycles. The molecule has 0 radical (unpaired) electrons. The molecule has 0 spiro atoms. The van der Waals surface area contributed by atoms with Gasteiger partial charge in [0.1, 0.15) is 6.10 Å². The highest BCUT2D eigenvalue weighted by atomic mass is 16.7. The number of carbonyl (C=O) groups excluding carboxylic acids is 2. The molecule has 1 aliphatic rings. The van der Waals surface area contributed by atoms with Crippen LogP contribution >= 0.6 is 0 Å². The smallest absolute Gasteiger partial charge is 0.333 e. The van der Waals surface area contributed by atoms with E-state index in [1.165, 1.54) is 12.1 Å². The fourth-order valence-electron chi connectivity index (χ4n) is 2.82. The van der Waals surface area contributed by atoms with Crippen molar-refractivity contribution >= 4 is 11.9 Å². The van der Waals surface area contributed by atoms with Crippen LogP contribution in [-0.4, -0.2) is 86.5 Å². The van der Waals surface area contributed by atoms with Crippen molar-refractivity contribution in [2.24, 2.45) is 0 Å². The molecule has 1 aromatic heterocycles. The average Bonchev–Trinajstić information content (AvgIpc) is 3.03. The molecule has 1 amide bonds. The van der Waals surface area contributed by atoms with Crippen molar-refractivity contribution in [1.82, 2.24) is 10.0 Å². The molecule has 1 saturated heterocycles. The summed E-state index contributed by atoms with van der Waals surface area (Å²) in [6.45, 7) is -0.115. The Balaban J connectivity index is 1.54. The van der Waals surface area contributed by atoms with Crippen LogP contribution in [0.3, 0.4) is 0 Å². The van der Waals surface area contributed by atoms with Crippen LogP contribution in [0.5, 0.6) is 11.8 Å². The zero-order valence-electron chi connectivity index (χ0n) is 16.3. The molecule has 2 heterocycles. The number of amides is 1. The van der Waals surface area contributed by atoms with Crippen LogP contribution in [0.2, 0.25) is 0 Å². The molecule has 0 bridgehead atoms. The van der Waals surface area contributed by atoms with Gasteiger partial charge in [0, 0.05) is 37.9 Å². The van der Waals surface area contributed by atoms with E-state index in [-0.39, 0.29) is 44.9 Å². The Bertz CT molecular complexity index is 675. The lowest BCUT2D eigenvalue weighted by Crippen LogP contribution is -2.50. The van der Waals surface area contributed by atoms with E-state index < -0.39 is 42.3 Å². The van der Waals surface area contributed by atoms with Crippen LogP contribution in [0.1, 0.15) is 32.1 Å². The Hall–Kier alpha value is -2.38. The highest BCUT2D eigenvalue weighted by Gasteiger charge is 2.37. The molecule has 2 rings (SSSR count). The lowest BCUT2D eigenvalue weighted by Gasteiger charge is -2.36. The highest BCUT2D eigenvalue weighted by molar-refractivity contribution is 5.76. The second-order valence-electron chi connectivity index (χ2n) is 6.84. The summed E-state index contributed by atoms with van der Waals surface area (Å²) in [4.78, 5) is 28.2. The van der Waals surface area contributed by atoms with Gasteiger partial charge in [0.15, 0.2) is 6.29 Å². The standard InChI is InChI=1S/C18H28N2O10/c21-10-11-9-12(22)17(27)18(29-11)28-8-7-19-13(23)3-1-2-4-16(26)30-20-14(24)5-6-15(20)25/h5-6,11-12,17-18,21-22,24-25,27H,1-4,7-10H2,(H,19,23). The van der Waals surface area contributed by atoms with Gasteiger partial charge < -0.3 is 45.2 Å². The molecule has 4 atom stereocenters. The van der Waals surface area contributed by atoms with Crippen LogP contribution in [0.15, 0.2) is 12.1 Å². The Morgan fingerprint density at radius 3 is 2.50 bits per heavy atom. The number of ether oxygens (including phenoxy) is 2. The second-order valence-corrected chi connectivity index (χ2v) is 6.84. The molecule has 1 aliphatic heterocycles. The van der Waals surface area contributed by atoms with Crippen molar-refractivity contribution in [2.45, 2.75) is 56.7 Å². The van der Waals surface area contributed by atoms with Crippen LogP contribution in [0.4, 0.5) is 0 Å². The third-order valence-electron chi connectivity index (χ3n) is 4.44. The first-order chi connectivity index (χ1) is 14.3. The van der Waals surface area contributed by atoms with Crippen LogP contribution < -0.4 is 10.2 Å². The molecule has 0 saturated carbocycles. The molecule has 6 N–H and O–H groups in total. The summed E-state index contributed by atoms with van der Waals surface area (Å²) >= 11 is 0. The molecule has 170 valence electrons. The van der Waals surface area contributed by atoms with Gasteiger partial charge in [-0.1, -0.05) is 0 Å². The van der Waals surface area contributed by atoms with E-state index in [0.29, 0.717) is 17.6 Å². The van der Waals surface area contributed by atoms with Crippen LogP contribution in [0.25, 0.3) is 0 Å². The van der Waals surface area contributed by atoms with Crippen molar-refractivity contribution in [3.63, 3.8) is 0 Å². The topological polar surface area (TPSA) is 180 Å². The minimum atomic E-state index is -1.24. The van der Waals surface area contributed by atoms with Gasteiger partial charge in [-0.15, -0.1) is 4.73 Å². The number of hydrogen-bond acceptors (Lipinski definition) is 10. The number of aliphatic hydroxyl groups is 3. The van der Waals surface area contributed by atoms with Gasteiger partial charge in [-0.2, -0.15) is 0 Å². The van der Waals surface area contributed by atoms with Crippen molar-refractivity contribution < 1.29 is 49.4 Å². The lowest BCUT2D eigenvalue weighted by atomic mass is 10.0. The number of aromatic hydroxyl groups is 2. The lowest BCUT2D eigenvalue weighted by molar-refractivity contribution is -0.270. The van der Waals surface area contributed by atoms with E-state index in [4.69, 9.17) is 19.4 Å². The third kappa shape index (κ3) is 7.15. The van der Waals surface area contributed by atoms with Crippen molar-refractivity contribution in [3.05, 3.63) is 12.1 Å². The van der Waals surface area contributed by atoms with Crippen LogP contribution in [-0.2, 0) is 19.1 Å². The average molecular weight is 432 g/mol. The number of nitrogens with one attached hydrogen (secondary N) is 1. The molecule has 12 nitrogen and oxygen atoms in total. The fraction of sp³-hybridized carbons (Fsp3) is 0.667. The Kier molecular flexibility index (Phi) is 9.33. The summed E-state index contributed by atoms with van der Waals surface area (Å²) < 4.78 is 11.2. The largest absolute Gasteiger partial charge is 0.492 e. The zero-order chi connectivity index (χ0) is 22.1. The van der Waals surface area contributed by atoms with Crippen molar-refractivity contribution in [2.75, 3.05) is 19.8 Å². The summed E-state index contributed by atoms with van der Waals surface area (Å²) in [6, 6.07) is 2.34. The molecule has 30 heavy (non-hydrogen) atoms. The van der Waals surface area contributed by atoms with E-state index in [0.717, 1.165) is 0 Å². The summed E-state index contributed by atoms with van der Waals surface area (Å²) in [5, 5.41) is 50.0. The summed E-state index contributed by atoms with van der Waals surface area (Å²) in [6.07, 6.45) is -2.96. The Morgan fingerprint density at radius 1 is 1.17 bits per heavy atom. The first-order valence-corrected chi connectivity index (χ1v) is 9.63. The SMILES string of the molecule is O=C(CCCCC(=O)On1c(O)ccc1O)NCCOC1OC(CO)CC(O)C1O. The maximum absolute atomic E-state index is 11.8. The molecule has 1 aromatic rings. The Morgan fingerprint density at radius 2 is 1.83 bits per heavy atom. The van der Waals surface area contributed by atoms with E-state index in [2.05, 4.69) is 5.32 Å². The fourth-order valence-corrected chi connectivity index (χ4v) is 2.82. The second kappa shape index (κ2) is 11.7. The molecule has 1 fully saturated rings. The normalized spacial score (nSPS) is 23.8. The van der Waals surface area contributed by atoms with E-state index in [1.54, 1.807) is 0 Å². The molecule has 0 aliphatic carbocycles. The monoisotopic (exact) mass is 432 g/mol. The number of hydrogen-bond donors (Lipinski definition) is 6. The Labute approximate surface area is 172 Å². The highest BCUT2D eigenvalue weighted by Crippen LogP contribution is 2.21. The minimum Gasteiger partial charge on any atom is -0.492 e. The minimum absolute atomic E-state index is 0.00128. The van der Waals surface area contributed by atoms with Gasteiger partial charge >= 0.3 is 5.97 Å². The maximum Gasteiger partial charge on any atom is 0.333 e. The van der Waals surface area contributed by atoms with E-state index in [1.807, 2.05) is 0 Å². The summed E-state index contributed by atoms with van der Waals surface area (Å²) in [7, 11) is 0. The number of nitrogens with zero attached hydrogens (tertiary/aromatic N) is 1. The number of aromatic nitrogens is 1. The van der Waals surface area contributed by atoms with Crippen LogP contribution in [0, 0.1) is 0 Å². The van der Waals surface area contributed by atoms with Gasteiger partial charge in [-0.25, -0.2) is 4.79 Å². The number of rotatable bonds is 11. The first kappa shape index (κ1) is 23.9. The quantitative estimate of drug-likeness (QED) is 0.222. The van der Waals surface area contributed by atoms with Crippen molar-refractivity contribution in [3.8, 4) is 11.8 Å². The summed E-state index contributed by atoms with van der Waals surface area (Å²) in [5.74, 6) is -1.74. The van der Waals surface area contributed by atoms with Gasteiger partial charge in [-0.05, 0) is 12.8 Å². The van der Waals surface area contributed by atoms with Gasteiger partial charge in [0.05, 0.1) is 25.4 Å². The number of carbonyl (C=O) groups is 2. The number of unbranched alkanes of at least 4 members (excludes halogenated alkanes) is 1. The molecular formula is C18H28N2O10. The predicted octanol–water partition coefficient (Wildman–Crippen LogP) is -1.62. The van der Waals surface area contributed by atoms with Gasteiger partial charge in [-0.3, -0.25) is 4.79 Å². The van der Waals surface area contributed by atoms with E-state index in [9.17, 15) is 30.0 Å². The zero-order valence-corrected chi connectivity index (χ0v) is 16.3. The van der Waals surface area contributed by atoms with Crippen molar-refractivity contribution in [1.29, 1.82) is 0 Å². The number of aliphatic hydroxyl groups excluding tert-OH is 3.